The molecule has 0 aliphatic rings. The lowest BCUT2D eigenvalue weighted by molar-refractivity contribution is -0.135. The summed E-state index contributed by atoms with van der Waals surface area (Å²) in [6.07, 6.45) is 0.657. The quantitative estimate of drug-likeness (QED) is 0.755. The number of carbonyl (C=O) groups excluding carboxylic acids is 1. The van der Waals surface area contributed by atoms with Gasteiger partial charge in [-0.15, -0.1) is 0 Å². The van der Waals surface area contributed by atoms with E-state index in [4.69, 9.17) is 21.4 Å². The molecule has 0 saturated heterocycles. The van der Waals surface area contributed by atoms with E-state index in [1.165, 1.54) is 0 Å². The largest absolute Gasteiger partial charge is 0.480 e. The average molecular weight is 301 g/mol. The third-order valence-corrected chi connectivity index (χ3v) is 2.73. The molecule has 0 atom stereocenters. The lowest BCUT2D eigenvalue weighted by Gasteiger charge is -2.21. The van der Waals surface area contributed by atoms with Crippen LogP contribution in [0.25, 0.3) is 0 Å². The van der Waals surface area contributed by atoms with Crippen molar-refractivity contribution < 1.29 is 19.4 Å². The van der Waals surface area contributed by atoms with Crippen molar-refractivity contribution in [3.8, 4) is 0 Å². The fraction of sp³-hybridized carbons (Fsp3) is 0.385. The number of hydrogen-bond donors (Lipinski definition) is 2. The summed E-state index contributed by atoms with van der Waals surface area (Å²) in [7, 11) is 1.58. The smallest absolute Gasteiger partial charge is 0.323 e. The van der Waals surface area contributed by atoms with E-state index in [9.17, 15) is 9.59 Å². The van der Waals surface area contributed by atoms with Crippen LogP contribution in [0, 0.1) is 0 Å². The third-order valence-electron chi connectivity index (χ3n) is 2.48. The van der Waals surface area contributed by atoms with Crippen LogP contribution in [0.2, 0.25) is 5.02 Å². The van der Waals surface area contributed by atoms with E-state index in [-0.39, 0.29) is 0 Å². The highest BCUT2D eigenvalue weighted by atomic mass is 35.5. The second-order valence-corrected chi connectivity index (χ2v) is 4.47. The van der Waals surface area contributed by atoms with Gasteiger partial charge in [0, 0.05) is 31.0 Å². The molecule has 0 radical (unpaired) electrons. The van der Waals surface area contributed by atoms with Crippen molar-refractivity contribution in [2.75, 3.05) is 31.7 Å². The van der Waals surface area contributed by atoms with Gasteiger partial charge >= 0.3 is 12.0 Å². The number of carboxylic acid groups (broad SMARTS) is 1. The van der Waals surface area contributed by atoms with E-state index >= 15 is 0 Å². The number of nitrogens with one attached hydrogen (secondary N) is 1. The molecule has 110 valence electrons. The Kier molecular flexibility index (Phi) is 6.83. The zero-order chi connectivity index (χ0) is 15.0. The van der Waals surface area contributed by atoms with E-state index in [2.05, 4.69) is 5.32 Å². The first kappa shape index (κ1) is 16.3. The predicted octanol–water partition coefficient (Wildman–Crippen LogP) is 1.98. The molecule has 0 aliphatic heterocycles. The Balaban J connectivity index is 2.70. The van der Waals surface area contributed by atoms with Gasteiger partial charge in [0.15, 0.2) is 0 Å². The first-order valence-electron chi connectivity index (χ1n) is 6.06. The molecule has 0 spiro atoms. The first-order chi connectivity index (χ1) is 9.54. The van der Waals surface area contributed by atoms with E-state index in [1.807, 2.05) is 0 Å². The number of rotatable bonds is 7. The number of carboxylic acids is 1. The number of hydrogen-bond acceptors (Lipinski definition) is 3. The number of carbonyl (C=O) groups is 2. The number of urea groups is 1. The Labute approximate surface area is 122 Å². The molecule has 1 aromatic carbocycles. The van der Waals surface area contributed by atoms with Crippen LogP contribution in [0.15, 0.2) is 24.3 Å². The summed E-state index contributed by atoms with van der Waals surface area (Å²) in [4.78, 5) is 24.0. The van der Waals surface area contributed by atoms with Crippen molar-refractivity contribution in [3.63, 3.8) is 0 Å². The van der Waals surface area contributed by atoms with Crippen molar-refractivity contribution in [2.24, 2.45) is 0 Å². The number of ether oxygens (including phenoxy) is 1. The molecule has 0 aromatic heterocycles. The summed E-state index contributed by atoms with van der Waals surface area (Å²) in [5, 5.41) is 12.1. The van der Waals surface area contributed by atoms with Crippen LogP contribution in [0.4, 0.5) is 10.5 Å². The van der Waals surface area contributed by atoms with Gasteiger partial charge in [-0.25, -0.2) is 4.79 Å². The Morgan fingerprint density at radius 3 is 2.55 bits per heavy atom. The highest BCUT2D eigenvalue weighted by Gasteiger charge is 2.18. The van der Waals surface area contributed by atoms with Crippen LogP contribution < -0.4 is 10.2 Å². The van der Waals surface area contributed by atoms with Crippen molar-refractivity contribution in [2.45, 2.75) is 6.42 Å². The highest BCUT2D eigenvalue weighted by Crippen LogP contribution is 2.18. The number of aliphatic carboxylic acids is 1. The maximum absolute atomic E-state index is 12.0. The minimum Gasteiger partial charge on any atom is -0.480 e. The minimum absolute atomic E-state index is 0.413. The number of benzene rings is 1. The molecule has 0 saturated carbocycles. The molecule has 1 aromatic rings. The van der Waals surface area contributed by atoms with E-state index in [1.54, 1.807) is 31.4 Å². The highest BCUT2D eigenvalue weighted by molar-refractivity contribution is 6.30. The molecule has 2 amide bonds. The van der Waals surface area contributed by atoms with Crippen LogP contribution >= 0.6 is 11.6 Å². The normalized spacial score (nSPS) is 10.1. The topological polar surface area (TPSA) is 78.9 Å². The Hall–Kier alpha value is -1.79. The van der Waals surface area contributed by atoms with Crippen LogP contribution in [0.5, 0.6) is 0 Å². The van der Waals surface area contributed by atoms with Gasteiger partial charge < -0.3 is 15.2 Å². The van der Waals surface area contributed by atoms with Crippen LogP contribution in [-0.4, -0.2) is 43.9 Å². The summed E-state index contributed by atoms with van der Waals surface area (Å²) in [5.74, 6) is -1.09. The molecule has 0 unspecified atom stereocenters. The molecule has 0 bridgehead atoms. The molecule has 6 nitrogen and oxygen atoms in total. The maximum atomic E-state index is 12.0. The van der Waals surface area contributed by atoms with Gasteiger partial charge in [0.05, 0.1) is 0 Å². The van der Waals surface area contributed by atoms with Gasteiger partial charge in [-0.1, -0.05) is 11.6 Å². The second-order valence-electron chi connectivity index (χ2n) is 4.03. The molecule has 20 heavy (non-hydrogen) atoms. The Morgan fingerprint density at radius 1 is 1.35 bits per heavy atom. The van der Waals surface area contributed by atoms with Gasteiger partial charge in [-0.3, -0.25) is 9.69 Å². The minimum atomic E-state index is -1.09. The van der Waals surface area contributed by atoms with E-state index in [0.29, 0.717) is 30.3 Å². The number of methoxy groups -OCH3 is 1. The van der Waals surface area contributed by atoms with Crippen molar-refractivity contribution in [3.05, 3.63) is 29.3 Å². The molecule has 0 fully saturated rings. The summed E-state index contributed by atoms with van der Waals surface area (Å²) in [5.41, 5.74) is 0.473. The zero-order valence-electron chi connectivity index (χ0n) is 11.1. The van der Waals surface area contributed by atoms with Gasteiger partial charge in [0.2, 0.25) is 0 Å². The summed E-state index contributed by atoms with van der Waals surface area (Å²) < 4.78 is 4.87. The summed E-state index contributed by atoms with van der Waals surface area (Å²) in [6.45, 7) is 0.522. The lowest BCUT2D eigenvalue weighted by atomic mass is 10.3. The standard InChI is InChI=1S/C13H17ClN2O4/c1-20-8-2-7-15-13(19)16(9-12(17)18)11-5-3-10(14)4-6-11/h3-6H,2,7-9H2,1H3,(H,15,19)(H,17,18). The average Bonchev–Trinajstić information content (AvgIpc) is 2.42. The molecule has 2 N–H and O–H groups in total. The third kappa shape index (κ3) is 5.46. The van der Waals surface area contributed by atoms with Gasteiger partial charge in [-0.2, -0.15) is 0 Å². The van der Waals surface area contributed by atoms with Gasteiger partial charge in [0.1, 0.15) is 6.54 Å². The number of nitrogens with zero attached hydrogens (tertiary/aromatic N) is 1. The first-order valence-corrected chi connectivity index (χ1v) is 6.44. The molecular formula is C13H17ClN2O4. The SMILES string of the molecule is COCCCNC(=O)N(CC(=O)O)c1ccc(Cl)cc1. The summed E-state index contributed by atoms with van der Waals surface area (Å²) >= 11 is 5.77. The van der Waals surface area contributed by atoms with Crippen LogP contribution in [0.3, 0.4) is 0 Å². The van der Waals surface area contributed by atoms with E-state index < -0.39 is 18.5 Å². The molecule has 7 heteroatoms. The Bertz CT molecular complexity index is 450. The van der Waals surface area contributed by atoms with Crippen molar-refractivity contribution >= 4 is 29.3 Å². The second kappa shape index (κ2) is 8.39. The Morgan fingerprint density at radius 2 is 2.00 bits per heavy atom. The van der Waals surface area contributed by atoms with Gasteiger partial charge in [-0.05, 0) is 30.7 Å². The zero-order valence-corrected chi connectivity index (χ0v) is 11.9. The number of amides is 2. The van der Waals surface area contributed by atoms with Gasteiger partial charge in [0.25, 0.3) is 0 Å². The van der Waals surface area contributed by atoms with Crippen molar-refractivity contribution in [1.29, 1.82) is 0 Å². The number of anilines is 1. The predicted molar refractivity (Wildman–Crippen MR) is 76.3 cm³/mol. The van der Waals surface area contributed by atoms with Crippen LogP contribution in [-0.2, 0) is 9.53 Å². The van der Waals surface area contributed by atoms with E-state index in [0.717, 1.165) is 4.90 Å². The summed E-state index contributed by atoms with van der Waals surface area (Å²) in [6, 6.07) is 5.93. The molecular weight excluding hydrogens is 284 g/mol. The van der Waals surface area contributed by atoms with Crippen LogP contribution in [0.1, 0.15) is 6.42 Å². The molecule has 0 heterocycles. The lowest BCUT2D eigenvalue weighted by Crippen LogP contribution is -2.43. The fourth-order valence-electron chi connectivity index (χ4n) is 1.54. The monoisotopic (exact) mass is 300 g/mol. The molecule has 1 rings (SSSR count). The fourth-order valence-corrected chi connectivity index (χ4v) is 1.67. The molecule has 0 aliphatic carbocycles. The van der Waals surface area contributed by atoms with Crippen molar-refractivity contribution in [1.82, 2.24) is 5.32 Å². The number of halogens is 1. The maximum Gasteiger partial charge on any atom is 0.323 e.